The number of amides is 1. The maximum absolute atomic E-state index is 12.8. The van der Waals surface area contributed by atoms with E-state index in [-0.39, 0.29) is 5.41 Å². The lowest BCUT2D eigenvalue weighted by Gasteiger charge is -2.40. The molecule has 3 nitrogen and oxygen atoms in total. The smallest absolute Gasteiger partial charge is 0.230 e. The largest absolute Gasteiger partial charge is 0.342 e. The van der Waals surface area contributed by atoms with E-state index in [0.29, 0.717) is 24.4 Å². The van der Waals surface area contributed by atoms with Crippen LogP contribution in [0.5, 0.6) is 0 Å². The summed E-state index contributed by atoms with van der Waals surface area (Å²) in [5.74, 6) is 0.963. The molecule has 0 aromatic heterocycles. The molecule has 0 aromatic rings. The van der Waals surface area contributed by atoms with Crippen molar-refractivity contribution in [3.63, 3.8) is 0 Å². The molecule has 0 bridgehead atoms. The van der Waals surface area contributed by atoms with Crippen LogP contribution in [0.1, 0.15) is 58.3 Å². The number of carbonyl (C=O) groups is 1. The van der Waals surface area contributed by atoms with Crippen LogP contribution in [0.25, 0.3) is 0 Å². The summed E-state index contributed by atoms with van der Waals surface area (Å²) in [6, 6.07) is 0.440. The number of hydrogen-bond donors (Lipinski definition) is 1. The fraction of sp³-hybridized carbons (Fsp3) is 0.933. The molecule has 2 saturated carbocycles. The summed E-state index contributed by atoms with van der Waals surface area (Å²) in [4.78, 5) is 14.8. The molecule has 2 atom stereocenters. The molecule has 1 amide bonds. The number of hydrogen-bond acceptors (Lipinski definition) is 2. The van der Waals surface area contributed by atoms with Gasteiger partial charge in [0.1, 0.15) is 0 Å². The molecule has 0 saturated heterocycles. The first kappa shape index (κ1) is 13.9. The molecule has 0 heterocycles. The Bertz CT molecular complexity index is 297. The summed E-state index contributed by atoms with van der Waals surface area (Å²) in [7, 11) is 2.00. The van der Waals surface area contributed by atoms with Crippen molar-refractivity contribution in [1.29, 1.82) is 0 Å². The Hall–Kier alpha value is -0.570. The zero-order valence-corrected chi connectivity index (χ0v) is 12.0. The number of nitrogens with two attached hydrogens (primary N) is 1. The van der Waals surface area contributed by atoms with Crippen molar-refractivity contribution < 1.29 is 4.79 Å². The lowest BCUT2D eigenvalue weighted by molar-refractivity contribution is -0.144. The fourth-order valence-electron chi connectivity index (χ4n) is 3.95. The second-order valence-electron chi connectivity index (χ2n) is 6.44. The van der Waals surface area contributed by atoms with Gasteiger partial charge in [0.25, 0.3) is 0 Å². The standard InChI is InChI=1S/C15H28N2O/c1-12-7-3-4-8-13(12)17(2)14(18)15(11-16)9-5-6-10-15/h12-13H,3-11,16H2,1-2H3. The van der Waals surface area contributed by atoms with E-state index in [2.05, 4.69) is 6.92 Å². The number of rotatable bonds is 3. The molecule has 0 radical (unpaired) electrons. The number of carbonyl (C=O) groups excluding carboxylic acids is 1. The van der Waals surface area contributed by atoms with Crippen molar-refractivity contribution in [1.82, 2.24) is 4.90 Å². The zero-order valence-electron chi connectivity index (χ0n) is 12.0. The van der Waals surface area contributed by atoms with Gasteiger partial charge in [-0.05, 0) is 31.6 Å². The van der Waals surface area contributed by atoms with Gasteiger partial charge < -0.3 is 10.6 Å². The predicted molar refractivity (Wildman–Crippen MR) is 74.1 cm³/mol. The lowest BCUT2D eigenvalue weighted by atomic mass is 9.81. The van der Waals surface area contributed by atoms with E-state index in [0.717, 1.165) is 25.7 Å². The van der Waals surface area contributed by atoms with Crippen LogP contribution in [0, 0.1) is 11.3 Å². The van der Waals surface area contributed by atoms with Gasteiger partial charge >= 0.3 is 0 Å². The number of nitrogens with zero attached hydrogens (tertiary/aromatic N) is 1. The van der Waals surface area contributed by atoms with Crippen molar-refractivity contribution in [3.05, 3.63) is 0 Å². The van der Waals surface area contributed by atoms with Crippen LogP contribution >= 0.6 is 0 Å². The minimum atomic E-state index is -0.230. The molecule has 2 unspecified atom stereocenters. The molecular formula is C15H28N2O. The summed E-state index contributed by atoms with van der Waals surface area (Å²) in [6.45, 7) is 2.81. The Morgan fingerprint density at radius 3 is 2.39 bits per heavy atom. The maximum Gasteiger partial charge on any atom is 0.230 e. The first-order chi connectivity index (χ1) is 8.60. The van der Waals surface area contributed by atoms with E-state index in [4.69, 9.17) is 5.73 Å². The highest BCUT2D eigenvalue weighted by atomic mass is 16.2. The molecule has 104 valence electrons. The van der Waals surface area contributed by atoms with Crippen LogP contribution in [0.15, 0.2) is 0 Å². The minimum absolute atomic E-state index is 0.230. The van der Waals surface area contributed by atoms with Crippen LogP contribution in [-0.4, -0.2) is 30.4 Å². The van der Waals surface area contributed by atoms with Crippen LogP contribution in [0.2, 0.25) is 0 Å². The highest BCUT2D eigenvalue weighted by Gasteiger charge is 2.43. The molecule has 0 spiro atoms. The van der Waals surface area contributed by atoms with Crippen LogP contribution in [0.4, 0.5) is 0 Å². The quantitative estimate of drug-likeness (QED) is 0.839. The van der Waals surface area contributed by atoms with Gasteiger partial charge in [-0.2, -0.15) is 0 Å². The summed E-state index contributed by atoms with van der Waals surface area (Å²) in [6.07, 6.45) is 9.33. The second kappa shape index (κ2) is 5.60. The first-order valence-electron chi connectivity index (χ1n) is 7.58. The van der Waals surface area contributed by atoms with Crippen LogP contribution < -0.4 is 5.73 Å². The van der Waals surface area contributed by atoms with Gasteiger partial charge in [-0.15, -0.1) is 0 Å². The average molecular weight is 252 g/mol. The van der Waals surface area contributed by atoms with Gasteiger partial charge in [-0.1, -0.05) is 32.6 Å². The van der Waals surface area contributed by atoms with Gasteiger partial charge in [0.15, 0.2) is 0 Å². The topological polar surface area (TPSA) is 46.3 Å². The molecule has 2 aliphatic rings. The van der Waals surface area contributed by atoms with Crippen molar-refractivity contribution in [2.24, 2.45) is 17.1 Å². The maximum atomic E-state index is 12.8. The van der Waals surface area contributed by atoms with Gasteiger partial charge in [-0.3, -0.25) is 4.79 Å². The van der Waals surface area contributed by atoms with Crippen molar-refractivity contribution >= 4 is 5.91 Å². The Morgan fingerprint density at radius 2 is 1.83 bits per heavy atom. The molecule has 2 rings (SSSR count). The van der Waals surface area contributed by atoms with Crippen LogP contribution in [0.3, 0.4) is 0 Å². The minimum Gasteiger partial charge on any atom is -0.342 e. The van der Waals surface area contributed by atoms with E-state index in [9.17, 15) is 4.79 Å². The van der Waals surface area contributed by atoms with Crippen molar-refractivity contribution in [3.8, 4) is 0 Å². The molecule has 2 aliphatic carbocycles. The summed E-state index contributed by atoms with van der Waals surface area (Å²) >= 11 is 0. The molecule has 0 aliphatic heterocycles. The van der Waals surface area contributed by atoms with Crippen molar-refractivity contribution in [2.75, 3.05) is 13.6 Å². The fourth-order valence-corrected chi connectivity index (χ4v) is 3.95. The summed E-state index contributed by atoms with van der Waals surface area (Å²) in [5, 5.41) is 0. The molecule has 3 heteroatoms. The summed E-state index contributed by atoms with van der Waals surface area (Å²) < 4.78 is 0. The van der Waals surface area contributed by atoms with Crippen LogP contribution in [-0.2, 0) is 4.79 Å². The van der Waals surface area contributed by atoms with E-state index in [1.165, 1.54) is 25.7 Å². The summed E-state index contributed by atoms with van der Waals surface area (Å²) in [5.41, 5.74) is 5.69. The van der Waals surface area contributed by atoms with Gasteiger partial charge in [0.05, 0.1) is 5.41 Å². The normalized spacial score (nSPS) is 31.3. The molecule has 2 fully saturated rings. The highest BCUT2D eigenvalue weighted by molar-refractivity contribution is 5.83. The molecule has 0 aromatic carbocycles. The second-order valence-corrected chi connectivity index (χ2v) is 6.44. The third kappa shape index (κ3) is 2.42. The van der Waals surface area contributed by atoms with E-state index >= 15 is 0 Å². The Morgan fingerprint density at radius 1 is 1.22 bits per heavy atom. The van der Waals surface area contributed by atoms with Crippen molar-refractivity contribution in [2.45, 2.75) is 64.3 Å². The monoisotopic (exact) mass is 252 g/mol. The SMILES string of the molecule is CC1CCCCC1N(C)C(=O)C1(CN)CCCC1. The van der Waals surface area contributed by atoms with Gasteiger partial charge in [0.2, 0.25) is 5.91 Å². The van der Waals surface area contributed by atoms with E-state index < -0.39 is 0 Å². The van der Waals surface area contributed by atoms with Gasteiger partial charge in [-0.25, -0.2) is 0 Å². The average Bonchev–Trinajstić information content (AvgIpc) is 2.87. The molecule has 18 heavy (non-hydrogen) atoms. The zero-order chi connectivity index (χ0) is 13.2. The molecule has 2 N–H and O–H groups in total. The Balaban J connectivity index is 2.07. The molecular weight excluding hydrogens is 224 g/mol. The third-order valence-electron chi connectivity index (χ3n) is 5.29. The van der Waals surface area contributed by atoms with E-state index in [1.54, 1.807) is 0 Å². The Kier molecular flexibility index (Phi) is 4.31. The highest BCUT2D eigenvalue weighted by Crippen LogP contribution is 2.40. The van der Waals surface area contributed by atoms with Gasteiger partial charge in [0, 0.05) is 19.6 Å². The van der Waals surface area contributed by atoms with E-state index in [1.807, 2.05) is 11.9 Å². The first-order valence-corrected chi connectivity index (χ1v) is 7.58. The third-order valence-corrected chi connectivity index (χ3v) is 5.29. The predicted octanol–water partition coefficient (Wildman–Crippen LogP) is 2.54. The Labute approximate surface area is 111 Å². The lowest BCUT2D eigenvalue weighted by Crippen LogP contribution is -2.51.